The van der Waals surface area contributed by atoms with Crippen LogP contribution in [0.2, 0.25) is 0 Å². The summed E-state index contributed by atoms with van der Waals surface area (Å²) < 4.78 is 22.4. The monoisotopic (exact) mass is 614 g/mol. The number of rotatable bonds is 21. The molecule has 4 N–H and O–H groups in total. The minimum atomic E-state index is -1.08. The van der Waals surface area contributed by atoms with Crippen molar-refractivity contribution in [3.63, 3.8) is 0 Å². The molecular weight excluding hydrogens is 568 g/mol. The van der Waals surface area contributed by atoms with Gasteiger partial charge in [0.15, 0.2) is 11.6 Å². The zero-order valence-electron chi connectivity index (χ0n) is 26.3. The van der Waals surface area contributed by atoms with Crippen molar-refractivity contribution < 1.29 is 48.3 Å². The number of carboxylic acids is 2. The summed E-state index contributed by atoms with van der Waals surface area (Å²) in [6.45, 7) is 13.7. The summed E-state index contributed by atoms with van der Waals surface area (Å²) in [5, 5.41) is 38.8. The topological polar surface area (TPSA) is 221 Å². The number of carbonyl (C=O) groups is 4. The molecular formula is C27H46N6O10. The second-order valence-electron chi connectivity index (χ2n) is 12.4. The molecule has 0 saturated carbocycles. The molecule has 0 bridgehead atoms. The highest BCUT2D eigenvalue weighted by atomic mass is 16.6. The van der Waals surface area contributed by atoms with Crippen LogP contribution < -0.4 is 10.6 Å². The molecule has 0 unspecified atom stereocenters. The van der Waals surface area contributed by atoms with Gasteiger partial charge >= 0.3 is 11.9 Å². The lowest BCUT2D eigenvalue weighted by Gasteiger charge is -2.31. The van der Waals surface area contributed by atoms with Gasteiger partial charge in [0.2, 0.25) is 11.8 Å². The molecule has 0 aliphatic heterocycles. The Bertz CT molecular complexity index is 1080. The molecule has 0 aromatic carbocycles. The highest BCUT2D eigenvalue weighted by Gasteiger charge is 2.29. The Morgan fingerprint density at radius 1 is 0.581 bits per heavy atom. The molecule has 1 aromatic rings. The standard InChI is InChI=1S/C27H46N6O10/c1-24(2,40-9-10-41-26(5,6)13-22(36)37)11-20(34)28-14-18-30-32-19(33-31-18)15-29-21(35)12-25(3,4)43-17-27(7,8)42-16-23(38)39/h9-17H2,1-8H3,(H,28,34)(H,29,35)(H,36,37)(H,38,39). The maximum Gasteiger partial charge on any atom is 0.329 e. The van der Waals surface area contributed by atoms with Crippen molar-refractivity contribution in [2.75, 3.05) is 26.4 Å². The minimum Gasteiger partial charge on any atom is -0.481 e. The van der Waals surface area contributed by atoms with Crippen LogP contribution in [0.4, 0.5) is 0 Å². The summed E-state index contributed by atoms with van der Waals surface area (Å²) >= 11 is 0. The molecule has 1 rings (SSSR count). The summed E-state index contributed by atoms with van der Waals surface area (Å²) in [7, 11) is 0. The van der Waals surface area contributed by atoms with E-state index in [1.807, 2.05) is 0 Å². The fraction of sp³-hybridized carbons (Fsp3) is 0.778. The van der Waals surface area contributed by atoms with Gasteiger partial charge in [-0.2, -0.15) is 0 Å². The van der Waals surface area contributed by atoms with Gasteiger partial charge in [-0.05, 0) is 55.4 Å². The van der Waals surface area contributed by atoms with Gasteiger partial charge in [0, 0.05) is 0 Å². The Morgan fingerprint density at radius 3 is 1.37 bits per heavy atom. The highest BCUT2D eigenvalue weighted by molar-refractivity contribution is 5.77. The fourth-order valence-electron chi connectivity index (χ4n) is 3.49. The van der Waals surface area contributed by atoms with Crippen LogP contribution in [0.25, 0.3) is 0 Å². The third-order valence-electron chi connectivity index (χ3n) is 5.66. The normalized spacial score (nSPS) is 12.6. The lowest BCUT2D eigenvalue weighted by molar-refractivity contribution is -0.158. The summed E-state index contributed by atoms with van der Waals surface area (Å²) in [5.41, 5.74) is -3.32. The number of amides is 2. The van der Waals surface area contributed by atoms with Gasteiger partial charge in [-0.25, -0.2) is 4.79 Å². The minimum absolute atomic E-state index is 0.00784. The molecule has 16 nitrogen and oxygen atoms in total. The van der Waals surface area contributed by atoms with E-state index in [1.165, 1.54) is 0 Å². The van der Waals surface area contributed by atoms with Crippen LogP contribution >= 0.6 is 0 Å². The van der Waals surface area contributed by atoms with Gasteiger partial charge in [0.25, 0.3) is 0 Å². The van der Waals surface area contributed by atoms with Crippen LogP contribution in [0.3, 0.4) is 0 Å². The Hall–Kier alpha value is -3.34. The lowest BCUT2D eigenvalue weighted by atomic mass is 10.0. The van der Waals surface area contributed by atoms with Gasteiger partial charge in [0.1, 0.15) is 6.61 Å². The summed E-state index contributed by atoms with van der Waals surface area (Å²) in [4.78, 5) is 46.4. The molecule has 0 aliphatic carbocycles. The number of carboxylic acid groups (broad SMARTS) is 2. The van der Waals surface area contributed by atoms with Crippen molar-refractivity contribution in [2.45, 2.75) is 110 Å². The third-order valence-corrected chi connectivity index (χ3v) is 5.66. The number of carbonyl (C=O) groups excluding carboxylic acids is 2. The van der Waals surface area contributed by atoms with Crippen LogP contribution in [0.1, 0.15) is 86.3 Å². The van der Waals surface area contributed by atoms with Crippen LogP contribution in [0.15, 0.2) is 0 Å². The molecule has 1 heterocycles. The quantitative estimate of drug-likeness (QED) is 0.142. The number of ether oxygens (including phenoxy) is 4. The molecule has 244 valence electrons. The Labute approximate surface area is 251 Å². The molecule has 0 aliphatic rings. The Morgan fingerprint density at radius 2 is 0.977 bits per heavy atom. The average molecular weight is 615 g/mol. The van der Waals surface area contributed by atoms with Crippen LogP contribution in [-0.2, 0) is 51.2 Å². The molecule has 0 fully saturated rings. The zero-order chi connectivity index (χ0) is 32.9. The molecule has 0 spiro atoms. The van der Waals surface area contributed by atoms with Crippen LogP contribution in [-0.4, -0.2) is 103 Å². The van der Waals surface area contributed by atoms with Crippen molar-refractivity contribution in [2.24, 2.45) is 0 Å². The Balaban J connectivity index is 2.40. The molecule has 0 atom stereocenters. The molecule has 43 heavy (non-hydrogen) atoms. The van der Waals surface area contributed by atoms with Crippen molar-refractivity contribution >= 4 is 23.8 Å². The van der Waals surface area contributed by atoms with Crippen molar-refractivity contribution in [1.29, 1.82) is 0 Å². The first kappa shape index (κ1) is 37.7. The number of aliphatic carboxylic acids is 2. The van der Waals surface area contributed by atoms with E-state index >= 15 is 0 Å². The average Bonchev–Trinajstić information content (AvgIpc) is 2.86. The van der Waals surface area contributed by atoms with Gasteiger partial charge < -0.3 is 39.8 Å². The summed E-state index contributed by atoms with van der Waals surface area (Å²) in [6, 6.07) is 0. The predicted molar refractivity (Wildman–Crippen MR) is 151 cm³/mol. The van der Waals surface area contributed by atoms with E-state index in [0.717, 1.165) is 0 Å². The van der Waals surface area contributed by atoms with E-state index in [9.17, 15) is 19.2 Å². The predicted octanol–water partition coefficient (Wildman–Crippen LogP) is 1.02. The van der Waals surface area contributed by atoms with E-state index in [2.05, 4.69) is 31.0 Å². The number of hydrogen-bond donors (Lipinski definition) is 4. The summed E-state index contributed by atoms with van der Waals surface area (Å²) in [6.07, 6.45) is -0.0741. The number of nitrogens with one attached hydrogen (secondary N) is 2. The lowest BCUT2D eigenvalue weighted by Crippen LogP contribution is -2.40. The number of nitrogens with zero attached hydrogens (tertiary/aromatic N) is 4. The Kier molecular flexibility index (Phi) is 14.5. The molecule has 1 aromatic heterocycles. The third kappa shape index (κ3) is 18.0. The van der Waals surface area contributed by atoms with Gasteiger partial charge in [-0.1, -0.05) is 0 Å². The maximum atomic E-state index is 12.4. The van der Waals surface area contributed by atoms with Gasteiger partial charge in [-0.3, -0.25) is 14.4 Å². The van der Waals surface area contributed by atoms with Crippen molar-refractivity contribution in [3.05, 3.63) is 11.6 Å². The van der Waals surface area contributed by atoms with Gasteiger partial charge in [-0.15, -0.1) is 20.4 Å². The highest BCUT2D eigenvalue weighted by Crippen LogP contribution is 2.20. The summed E-state index contributed by atoms with van der Waals surface area (Å²) in [5.74, 6) is -2.31. The second kappa shape index (κ2) is 16.5. The first-order valence-electron chi connectivity index (χ1n) is 13.8. The maximum absolute atomic E-state index is 12.4. The van der Waals surface area contributed by atoms with Crippen LogP contribution in [0, 0.1) is 0 Å². The second-order valence-corrected chi connectivity index (χ2v) is 12.4. The van der Waals surface area contributed by atoms with Crippen LogP contribution in [0.5, 0.6) is 0 Å². The van der Waals surface area contributed by atoms with E-state index < -0.39 is 40.9 Å². The van der Waals surface area contributed by atoms with E-state index in [0.29, 0.717) is 0 Å². The molecule has 0 radical (unpaired) electrons. The van der Waals surface area contributed by atoms with E-state index in [1.54, 1.807) is 55.4 Å². The first-order chi connectivity index (χ1) is 19.7. The largest absolute Gasteiger partial charge is 0.481 e. The fourth-order valence-corrected chi connectivity index (χ4v) is 3.49. The van der Waals surface area contributed by atoms with Crippen molar-refractivity contribution in [1.82, 2.24) is 31.0 Å². The van der Waals surface area contributed by atoms with E-state index in [-0.39, 0.29) is 75.6 Å². The zero-order valence-corrected chi connectivity index (χ0v) is 26.3. The smallest absolute Gasteiger partial charge is 0.329 e. The SMILES string of the molecule is CC(C)(COC(C)(C)CC(=O)NCc1nnc(CNC(=O)CC(C)(C)OCCOC(C)(C)CC(=O)O)nn1)OCC(=O)O. The van der Waals surface area contributed by atoms with E-state index in [4.69, 9.17) is 29.2 Å². The first-order valence-corrected chi connectivity index (χ1v) is 13.8. The molecule has 0 saturated heterocycles. The van der Waals surface area contributed by atoms with Crippen molar-refractivity contribution in [3.8, 4) is 0 Å². The van der Waals surface area contributed by atoms with Gasteiger partial charge in [0.05, 0.1) is 74.6 Å². The molecule has 16 heteroatoms. The number of hydrogen-bond acceptors (Lipinski definition) is 12. The number of aromatic nitrogens is 4. The molecule has 2 amide bonds.